The molecule has 0 atom stereocenters. The molecule has 0 radical (unpaired) electrons. The topological polar surface area (TPSA) is 64.9 Å². The number of aromatic nitrogens is 4. The van der Waals surface area contributed by atoms with Gasteiger partial charge in [-0.15, -0.1) is 0 Å². The van der Waals surface area contributed by atoms with Crippen molar-refractivity contribution in [1.82, 2.24) is 19.5 Å². The molecular weight excluding hydrogens is 302 g/mol. The Balaban J connectivity index is 1.68. The Kier molecular flexibility index (Phi) is 3.55. The maximum Gasteiger partial charge on any atom is 0.235 e. The molecular formula is C18H15N5O. The number of hydrogen-bond donors (Lipinski definition) is 1. The molecule has 24 heavy (non-hydrogen) atoms. The van der Waals surface area contributed by atoms with E-state index in [1.165, 1.54) is 0 Å². The predicted octanol–water partition coefficient (Wildman–Crippen LogP) is 3.57. The number of hydrogen-bond acceptors (Lipinski definition) is 5. The molecule has 1 N–H and O–H groups in total. The average Bonchev–Trinajstić information content (AvgIpc) is 3.06. The fourth-order valence-electron chi connectivity index (χ4n) is 2.49. The fourth-order valence-corrected chi connectivity index (χ4v) is 2.49. The van der Waals surface area contributed by atoms with Crippen LogP contribution in [0, 0.1) is 0 Å². The number of nitrogens with one attached hydrogen (secondary N) is 1. The first-order valence-electron chi connectivity index (χ1n) is 7.48. The molecule has 0 saturated carbocycles. The Morgan fingerprint density at radius 2 is 1.79 bits per heavy atom. The lowest BCUT2D eigenvalue weighted by Crippen LogP contribution is -2.01. The normalized spacial score (nSPS) is 10.7. The lowest BCUT2D eigenvalue weighted by Gasteiger charge is -2.06. The Hall–Kier alpha value is -3.41. The molecule has 0 saturated heterocycles. The molecule has 1 aromatic carbocycles. The molecule has 0 bridgehead atoms. The Labute approximate surface area is 138 Å². The molecule has 3 aromatic heterocycles. The Morgan fingerprint density at radius 3 is 2.62 bits per heavy atom. The van der Waals surface area contributed by atoms with Crippen molar-refractivity contribution in [3.8, 4) is 11.7 Å². The van der Waals surface area contributed by atoms with E-state index in [-0.39, 0.29) is 0 Å². The van der Waals surface area contributed by atoms with Crippen molar-refractivity contribution < 1.29 is 4.74 Å². The van der Waals surface area contributed by atoms with Gasteiger partial charge in [0.05, 0.1) is 7.11 Å². The third-order valence-electron chi connectivity index (χ3n) is 3.68. The van der Waals surface area contributed by atoms with Crippen molar-refractivity contribution in [2.45, 2.75) is 0 Å². The second kappa shape index (κ2) is 6.00. The Bertz CT molecular complexity index is 981. The van der Waals surface area contributed by atoms with Gasteiger partial charge >= 0.3 is 0 Å². The van der Waals surface area contributed by atoms with Gasteiger partial charge in [0, 0.05) is 47.4 Å². The molecule has 4 rings (SSSR count). The largest absolute Gasteiger partial charge is 0.497 e. The van der Waals surface area contributed by atoms with Crippen LogP contribution in [0.5, 0.6) is 5.75 Å². The highest BCUT2D eigenvalue weighted by molar-refractivity contribution is 5.84. The van der Waals surface area contributed by atoms with Gasteiger partial charge < -0.3 is 10.1 Å². The first kappa shape index (κ1) is 14.2. The molecule has 4 aromatic rings. The van der Waals surface area contributed by atoms with E-state index >= 15 is 0 Å². The van der Waals surface area contributed by atoms with Gasteiger partial charge in [0.25, 0.3) is 0 Å². The van der Waals surface area contributed by atoms with Crippen LogP contribution in [-0.2, 0) is 0 Å². The quantitative estimate of drug-likeness (QED) is 0.623. The summed E-state index contributed by atoms with van der Waals surface area (Å²) in [4.78, 5) is 12.9. The number of benzene rings is 1. The molecule has 0 fully saturated rings. The second-order valence-corrected chi connectivity index (χ2v) is 5.26. The van der Waals surface area contributed by atoms with Gasteiger partial charge in [0.2, 0.25) is 5.95 Å². The SMILES string of the molecule is COc1ccc2cn(-c3nccc(Nc4ccncc4)n3)cc2c1. The van der Waals surface area contributed by atoms with E-state index in [0.717, 1.165) is 28.0 Å². The van der Waals surface area contributed by atoms with Gasteiger partial charge in [-0.3, -0.25) is 9.55 Å². The zero-order chi connectivity index (χ0) is 16.4. The fraction of sp³-hybridized carbons (Fsp3) is 0.0556. The van der Waals surface area contributed by atoms with Crippen molar-refractivity contribution in [2.24, 2.45) is 0 Å². The van der Waals surface area contributed by atoms with Crippen LogP contribution >= 0.6 is 0 Å². The molecule has 3 heterocycles. The van der Waals surface area contributed by atoms with Gasteiger partial charge in [-0.2, -0.15) is 4.98 Å². The third kappa shape index (κ3) is 2.77. The number of rotatable bonds is 4. The van der Waals surface area contributed by atoms with Crippen LogP contribution in [0.25, 0.3) is 16.7 Å². The van der Waals surface area contributed by atoms with Crippen LogP contribution in [-0.4, -0.2) is 26.6 Å². The van der Waals surface area contributed by atoms with Crippen LogP contribution in [0.4, 0.5) is 11.5 Å². The van der Waals surface area contributed by atoms with E-state index in [4.69, 9.17) is 4.74 Å². The lowest BCUT2D eigenvalue weighted by atomic mass is 10.2. The maximum atomic E-state index is 5.27. The van der Waals surface area contributed by atoms with Gasteiger partial charge in [-0.25, -0.2) is 4.98 Å². The summed E-state index contributed by atoms with van der Waals surface area (Å²) in [5, 5.41) is 5.42. The van der Waals surface area contributed by atoms with E-state index in [1.54, 1.807) is 25.7 Å². The van der Waals surface area contributed by atoms with Crippen molar-refractivity contribution in [1.29, 1.82) is 0 Å². The Morgan fingerprint density at radius 1 is 0.958 bits per heavy atom. The summed E-state index contributed by atoms with van der Waals surface area (Å²) < 4.78 is 7.17. The first-order valence-corrected chi connectivity index (χ1v) is 7.48. The molecule has 0 aliphatic carbocycles. The minimum absolute atomic E-state index is 0.601. The molecule has 6 heteroatoms. The average molecular weight is 317 g/mol. The van der Waals surface area contributed by atoms with Crippen LogP contribution in [0.2, 0.25) is 0 Å². The highest BCUT2D eigenvalue weighted by atomic mass is 16.5. The van der Waals surface area contributed by atoms with Crippen molar-refractivity contribution in [3.05, 3.63) is 67.4 Å². The number of methoxy groups -OCH3 is 1. The third-order valence-corrected chi connectivity index (χ3v) is 3.68. The zero-order valence-corrected chi connectivity index (χ0v) is 13.0. The van der Waals surface area contributed by atoms with Crippen LogP contribution in [0.3, 0.4) is 0 Å². The van der Waals surface area contributed by atoms with Crippen LogP contribution in [0.1, 0.15) is 0 Å². The zero-order valence-electron chi connectivity index (χ0n) is 13.0. The van der Waals surface area contributed by atoms with Crippen molar-refractivity contribution in [3.63, 3.8) is 0 Å². The molecule has 118 valence electrons. The minimum Gasteiger partial charge on any atom is -0.497 e. The molecule has 6 nitrogen and oxygen atoms in total. The smallest absolute Gasteiger partial charge is 0.235 e. The summed E-state index contributed by atoms with van der Waals surface area (Å²) in [6, 6.07) is 11.6. The molecule has 0 spiro atoms. The number of fused-ring (bicyclic) bond motifs is 1. The molecule has 0 aliphatic rings. The van der Waals surface area contributed by atoms with E-state index in [9.17, 15) is 0 Å². The maximum absolute atomic E-state index is 5.27. The van der Waals surface area contributed by atoms with E-state index < -0.39 is 0 Å². The summed E-state index contributed by atoms with van der Waals surface area (Å²) in [6.07, 6.45) is 9.19. The molecule has 0 amide bonds. The van der Waals surface area contributed by atoms with Gasteiger partial charge in [-0.1, -0.05) is 0 Å². The number of anilines is 2. The van der Waals surface area contributed by atoms with Gasteiger partial charge in [0.1, 0.15) is 11.6 Å². The summed E-state index contributed by atoms with van der Waals surface area (Å²) >= 11 is 0. The molecule has 0 aliphatic heterocycles. The number of pyridine rings is 1. The van der Waals surface area contributed by atoms with Crippen LogP contribution < -0.4 is 10.1 Å². The van der Waals surface area contributed by atoms with Crippen LogP contribution in [0.15, 0.2) is 67.4 Å². The van der Waals surface area contributed by atoms with Crippen molar-refractivity contribution >= 4 is 22.3 Å². The highest BCUT2D eigenvalue weighted by Gasteiger charge is 2.06. The first-order chi connectivity index (χ1) is 11.8. The highest BCUT2D eigenvalue weighted by Crippen LogP contribution is 2.23. The second-order valence-electron chi connectivity index (χ2n) is 5.26. The van der Waals surface area contributed by atoms with Gasteiger partial charge in [-0.05, 0) is 36.4 Å². The van der Waals surface area contributed by atoms with E-state index in [2.05, 4.69) is 20.3 Å². The molecule has 0 unspecified atom stereocenters. The van der Waals surface area contributed by atoms with E-state index in [0.29, 0.717) is 5.95 Å². The van der Waals surface area contributed by atoms with E-state index in [1.807, 2.05) is 53.4 Å². The monoisotopic (exact) mass is 317 g/mol. The van der Waals surface area contributed by atoms with Crippen molar-refractivity contribution in [2.75, 3.05) is 12.4 Å². The number of ether oxygens (including phenoxy) is 1. The minimum atomic E-state index is 0.601. The van der Waals surface area contributed by atoms with Gasteiger partial charge in [0.15, 0.2) is 0 Å². The summed E-state index contributed by atoms with van der Waals surface area (Å²) in [7, 11) is 1.66. The number of nitrogens with zero attached hydrogens (tertiary/aromatic N) is 4. The summed E-state index contributed by atoms with van der Waals surface area (Å²) in [5.74, 6) is 2.15. The summed E-state index contributed by atoms with van der Waals surface area (Å²) in [6.45, 7) is 0. The summed E-state index contributed by atoms with van der Waals surface area (Å²) in [5.41, 5.74) is 0.928. The predicted molar refractivity (Wildman–Crippen MR) is 92.9 cm³/mol. The lowest BCUT2D eigenvalue weighted by molar-refractivity contribution is 0.415. The standard InChI is InChI=1S/C18H15N5O/c1-24-16-3-2-13-11-23(12-14(13)10-16)18-20-9-6-17(22-18)21-15-4-7-19-8-5-15/h2-12H,1H3,(H,19,20,21,22).